The Morgan fingerprint density at radius 2 is 1.04 bits per heavy atom. The van der Waals surface area contributed by atoms with E-state index in [-0.39, 0.29) is 0 Å². The molecule has 0 amide bonds. The fourth-order valence-corrected chi connectivity index (χ4v) is 6.00. The Morgan fingerprint density at radius 1 is 0.679 bits per heavy atom. The van der Waals surface area contributed by atoms with Crippen LogP contribution in [0.25, 0.3) is 0 Å². The maximum atomic E-state index is 8.64. The third-order valence-corrected chi connectivity index (χ3v) is 8.70. The van der Waals surface area contributed by atoms with Crippen molar-refractivity contribution in [2.75, 3.05) is 65.4 Å². The Hall–Kier alpha value is -0.620. The number of thiocarbonyl (C=S) groups is 2. The molecule has 0 aromatic carbocycles. The van der Waals surface area contributed by atoms with Gasteiger partial charge in [0.25, 0.3) is 0 Å². The molecular weight excluding hydrogens is 429 g/mol. The zero-order valence-electron chi connectivity index (χ0n) is 16.2. The minimum absolute atomic E-state index is 0.636. The van der Waals surface area contributed by atoms with E-state index >= 15 is 0 Å². The highest BCUT2D eigenvalue weighted by molar-refractivity contribution is 8.89. The maximum Gasteiger partial charge on any atom is 0.147 e. The van der Waals surface area contributed by atoms with Crippen molar-refractivity contribution in [1.29, 1.82) is 10.5 Å². The quantitative estimate of drug-likeness (QED) is 0.339. The summed E-state index contributed by atoms with van der Waals surface area (Å²) in [6.45, 7) is 9.85. The normalized spacial score (nSPS) is 18.5. The third kappa shape index (κ3) is 8.40. The molecule has 2 saturated heterocycles. The topological polar surface area (TPSA) is 60.5 Å². The van der Waals surface area contributed by atoms with Crippen molar-refractivity contribution in [2.24, 2.45) is 0 Å². The van der Waals surface area contributed by atoms with Crippen LogP contribution in [0.1, 0.15) is 25.7 Å². The van der Waals surface area contributed by atoms with Gasteiger partial charge in [-0.25, -0.2) is 0 Å². The molecule has 0 bridgehead atoms. The standard InChI is InChI=1S/C18H28N6S4/c19-5-1-3-7-21-9-13-23(14-10-21)17(25)27-28-18(26)24-15-11-22(12-16-24)8-4-2-6-20/h1-4,7-16H2. The summed E-state index contributed by atoms with van der Waals surface area (Å²) in [5, 5.41) is 17.3. The van der Waals surface area contributed by atoms with Gasteiger partial charge in [0.15, 0.2) is 0 Å². The maximum absolute atomic E-state index is 8.64. The predicted octanol–water partition coefficient (Wildman–Crippen LogP) is 2.78. The molecule has 0 unspecified atom stereocenters. The van der Waals surface area contributed by atoms with Gasteiger partial charge < -0.3 is 9.80 Å². The number of hydrogen-bond donors (Lipinski definition) is 0. The lowest BCUT2D eigenvalue weighted by atomic mass is 10.2. The van der Waals surface area contributed by atoms with Crippen molar-refractivity contribution in [3.8, 4) is 12.1 Å². The second-order valence-corrected chi connectivity index (χ2v) is 10.3. The molecule has 28 heavy (non-hydrogen) atoms. The number of nitrogens with zero attached hydrogens (tertiary/aromatic N) is 6. The molecule has 0 aliphatic carbocycles. The number of unbranched alkanes of at least 4 members (excludes halogenated alkanes) is 2. The molecule has 2 fully saturated rings. The number of hydrogen-bond acceptors (Lipinski definition) is 8. The van der Waals surface area contributed by atoms with Crippen molar-refractivity contribution in [1.82, 2.24) is 19.6 Å². The van der Waals surface area contributed by atoms with Crippen LogP contribution in [0.15, 0.2) is 0 Å². The van der Waals surface area contributed by atoms with Gasteiger partial charge >= 0.3 is 0 Å². The van der Waals surface area contributed by atoms with Crippen LogP contribution < -0.4 is 0 Å². The van der Waals surface area contributed by atoms with E-state index in [1.807, 2.05) is 0 Å². The molecule has 0 radical (unpaired) electrons. The van der Waals surface area contributed by atoms with E-state index < -0.39 is 0 Å². The van der Waals surface area contributed by atoms with Crippen LogP contribution in [0.2, 0.25) is 0 Å². The number of rotatable bonds is 6. The summed E-state index contributed by atoms with van der Waals surface area (Å²) in [6, 6.07) is 4.42. The Bertz CT molecular complexity index is 534. The molecule has 0 aromatic rings. The minimum Gasteiger partial charge on any atom is -0.354 e. The van der Waals surface area contributed by atoms with E-state index in [1.165, 1.54) is 0 Å². The lowest BCUT2D eigenvalue weighted by Crippen LogP contribution is -2.48. The fourth-order valence-electron chi connectivity index (χ4n) is 3.25. The average Bonchev–Trinajstić information content (AvgIpc) is 2.73. The highest BCUT2D eigenvalue weighted by atomic mass is 33.1. The van der Waals surface area contributed by atoms with Gasteiger partial charge in [0.1, 0.15) is 8.64 Å². The molecule has 0 N–H and O–H groups in total. The van der Waals surface area contributed by atoms with Crippen LogP contribution in [0.4, 0.5) is 0 Å². The summed E-state index contributed by atoms with van der Waals surface area (Å²) >= 11 is 11.2. The van der Waals surface area contributed by atoms with Gasteiger partial charge in [-0.2, -0.15) is 10.5 Å². The van der Waals surface area contributed by atoms with Crippen molar-refractivity contribution < 1.29 is 0 Å². The van der Waals surface area contributed by atoms with E-state index in [1.54, 1.807) is 21.6 Å². The zero-order chi connectivity index (χ0) is 20.2. The average molecular weight is 457 g/mol. The van der Waals surface area contributed by atoms with Crippen LogP contribution in [-0.2, 0) is 0 Å². The van der Waals surface area contributed by atoms with Gasteiger partial charge in [-0.15, -0.1) is 0 Å². The van der Waals surface area contributed by atoms with E-state index in [9.17, 15) is 0 Å². The molecular formula is C18H28N6S4. The second-order valence-electron chi connectivity index (χ2n) is 6.88. The molecule has 2 aliphatic heterocycles. The molecule has 0 atom stereocenters. The molecule has 2 heterocycles. The molecule has 2 rings (SSSR count). The van der Waals surface area contributed by atoms with Crippen LogP contribution in [0, 0.1) is 22.7 Å². The van der Waals surface area contributed by atoms with Crippen LogP contribution in [-0.4, -0.2) is 93.7 Å². The minimum atomic E-state index is 0.636. The Morgan fingerprint density at radius 3 is 1.36 bits per heavy atom. The second kappa shape index (κ2) is 13.6. The molecule has 6 nitrogen and oxygen atoms in total. The van der Waals surface area contributed by atoms with Crippen molar-refractivity contribution in [3.63, 3.8) is 0 Å². The Balaban J connectivity index is 1.60. The van der Waals surface area contributed by atoms with E-state index in [0.717, 1.165) is 86.9 Å². The summed E-state index contributed by atoms with van der Waals surface area (Å²) in [5.41, 5.74) is 0. The zero-order valence-corrected chi connectivity index (χ0v) is 19.5. The SMILES string of the molecule is N#CCCCN1CCN(C(=S)SSC(=S)N2CCN(CCCC#N)CC2)CC1. The first-order valence-electron chi connectivity index (χ1n) is 9.75. The summed E-state index contributed by atoms with van der Waals surface area (Å²) in [5.74, 6) is 0. The summed E-state index contributed by atoms with van der Waals surface area (Å²) in [7, 11) is 3.21. The van der Waals surface area contributed by atoms with Crippen LogP contribution >= 0.6 is 46.0 Å². The van der Waals surface area contributed by atoms with Gasteiger partial charge in [-0.1, -0.05) is 24.4 Å². The van der Waals surface area contributed by atoms with E-state index in [2.05, 4.69) is 31.7 Å². The smallest absolute Gasteiger partial charge is 0.147 e. The van der Waals surface area contributed by atoms with Gasteiger partial charge in [-0.05, 0) is 47.5 Å². The molecule has 0 spiro atoms. The molecule has 0 saturated carbocycles. The third-order valence-electron chi connectivity index (χ3n) is 4.97. The number of piperazine rings is 2. The first kappa shape index (κ1) is 23.7. The first-order valence-corrected chi connectivity index (χ1v) is 12.7. The van der Waals surface area contributed by atoms with Gasteiger partial charge in [0.2, 0.25) is 0 Å². The first-order chi connectivity index (χ1) is 13.6. The Labute approximate surface area is 187 Å². The van der Waals surface area contributed by atoms with E-state index in [4.69, 9.17) is 35.0 Å². The lowest BCUT2D eigenvalue weighted by Gasteiger charge is -2.37. The highest BCUT2D eigenvalue weighted by Gasteiger charge is 2.22. The van der Waals surface area contributed by atoms with Crippen molar-refractivity contribution in [3.05, 3.63) is 0 Å². The summed E-state index contributed by atoms with van der Waals surface area (Å²) in [6.07, 6.45) is 3.17. The summed E-state index contributed by atoms with van der Waals surface area (Å²) < 4.78 is 1.83. The molecule has 10 heteroatoms. The summed E-state index contributed by atoms with van der Waals surface area (Å²) in [4.78, 5) is 9.36. The molecule has 2 aliphatic rings. The molecule has 154 valence electrons. The lowest BCUT2D eigenvalue weighted by molar-refractivity contribution is 0.184. The van der Waals surface area contributed by atoms with Crippen molar-refractivity contribution >= 4 is 54.7 Å². The Kier molecular flexibility index (Phi) is 11.5. The van der Waals surface area contributed by atoms with Crippen LogP contribution in [0.3, 0.4) is 0 Å². The van der Waals surface area contributed by atoms with E-state index in [0.29, 0.717) is 12.8 Å². The van der Waals surface area contributed by atoms with Crippen molar-refractivity contribution in [2.45, 2.75) is 25.7 Å². The largest absolute Gasteiger partial charge is 0.354 e. The fraction of sp³-hybridized carbons (Fsp3) is 0.778. The monoisotopic (exact) mass is 456 g/mol. The van der Waals surface area contributed by atoms with Gasteiger partial charge in [-0.3, -0.25) is 9.80 Å². The highest BCUT2D eigenvalue weighted by Crippen LogP contribution is 2.29. The molecule has 0 aromatic heterocycles. The predicted molar refractivity (Wildman–Crippen MR) is 126 cm³/mol. The van der Waals surface area contributed by atoms with Gasteiger partial charge in [0.05, 0.1) is 12.1 Å². The number of nitriles is 2. The van der Waals surface area contributed by atoms with Crippen LogP contribution in [0.5, 0.6) is 0 Å². The van der Waals surface area contributed by atoms with Gasteiger partial charge in [0, 0.05) is 65.2 Å².